The molecule has 2 heteroatoms. The van der Waals surface area contributed by atoms with Crippen molar-refractivity contribution in [3.05, 3.63) is 35.4 Å². The van der Waals surface area contributed by atoms with E-state index in [0.29, 0.717) is 5.92 Å². The maximum Gasteiger partial charge on any atom is 0.109 e. The molecule has 0 spiro atoms. The zero-order chi connectivity index (χ0) is 10.3. The smallest absolute Gasteiger partial charge is 0.109 e. The summed E-state index contributed by atoms with van der Waals surface area (Å²) in [6, 6.07) is 8.32. The van der Waals surface area contributed by atoms with Crippen LogP contribution in [-0.4, -0.2) is 17.8 Å². The molecule has 0 amide bonds. The SMILES string of the molecule is OC(C1CC1)C1OCCc2ccccc21. The van der Waals surface area contributed by atoms with Gasteiger partial charge in [-0.15, -0.1) is 0 Å². The third-order valence-corrected chi connectivity index (χ3v) is 3.45. The van der Waals surface area contributed by atoms with Gasteiger partial charge in [-0.3, -0.25) is 0 Å². The maximum atomic E-state index is 10.1. The summed E-state index contributed by atoms with van der Waals surface area (Å²) in [5.41, 5.74) is 2.54. The maximum absolute atomic E-state index is 10.1. The third kappa shape index (κ3) is 1.68. The van der Waals surface area contributed by atoms with Crippen molar-refractivity contribution in [2.75, 3.05) is 6.61 Å². The Hall–Kier alpha value is -0.860. The summed E-state index contributed by atoms with van der Waals surface area (Å²) >= 11 is 0. The average Bonchev–Trinajstić information content (AvgIpc) is 3.11. The number of hydrogen-bond acceptors (Lipinski definition) is 2. The molecule has 15 heavy (non-hydrogen) atoms. The Morgan fingerprint density at radius 1 is 1.27 bits per heavy atom. The molecule has 1 aliphatic heterocycles. The van der Waals surface area contributed by atoms with Gasteiger partial charge in [0.2, 0.25) is 0 Å². The summed E-state index contributed by atoms with van der Waals surface area (Å²) in [5, 5.41) is 10.1. The molecule has 2 atom stereocenters. The van der Waals surface area contributed by atoms with E-state index in [1.54, 1.807) is 0 Å². The molecule has 2 nitrogen and oxygen atoms in total. The van der Waals surface area contributed by atoms with Crippen molar-refractivity contribution in [1.82, 2.24) is 0 Å². The van der Waals surface area contributed by atoms with Crippen LogP contribution in [0, 0.1) is 5.92 Å². The molecule has 0 radical (unpaired) electrons. The highest BCUT2D eigenvalue weighted by Gasteiger charge is 2.38. The van der Waals surface area contributed by atoms with Crippen LogP contribution in [0.25, 0.3) is 0 Å². The molecule has 1 aromatic rings. The number of benzene rings is 1. The molecule has 2 aliphatic rings. The minimum atomic E-state index is -0.300. The van der Waals surface area contributed by atoms with Gasteiger partial charge < -0.3 is 9.84 Å². The van der Waals surface area contributed by atoms with Crippen LogP contribution >= 0.6 is 0 Å². The largest absolute Gasteiger partial charge is 0.390 e. The fourth-order valence-electron chi connectivity index (χ4n) is 2.39. The van der Waals surface area contributed by atoms with Crippen molar-refractivity contribution in [3.8, 4) is 0 Å². The Kier molecular flexibility index (Phi) is 2.26. The lowest BCUT2D eigenvalue weighted by molar-refractivity contribution is -0.0554. The number of aliphatic hydroxyl groups excluding tert-OH is 1. The van der Waals surface area contributed by atoms with Crippen LogP contribution in [-0.2, 0) is 11.2 Å². The molecule has 2 unspecified atom stereocenters. The summed E-state index contributed by atoms with van der Waals surface area (Å²) in [6.07, 6.45) is 2.91. The third-order valence-electron chi connectivity index (χ3n) is 3.45. The van der Waals surface area contributed by atoms with E-state index in [0.717, 1.165) is 25.9 Å². The lowest BCUT2D eigenvalue weighted by Gasteiger charge is -2.29. The minimum Gasteiger partial charge on any atom is -0.390 e. The van der Waals surface area contributed by atoms with E-state index in [1.165, 1.54) is 11.1 Å². The van der Waals surface area contributed by atoms with Crippen molar-refractivity contribution < 1.29 is 9.84 Å². The van der Waals surface area contributed by atoms with Crippen LogP contribution in [0.5, 0.6) is 0 Å². The van der Waals surface area contributed by atoms with Gasteiger partial charge in [-0.1, -0.05) is 24.3 Å². The van der Waals surface area contributed by atoms with Crippen LogP contribution in [0.4, 0.5) is 0 Å². The quantitative estimate of drug-likeness (QED) is 0.799. The zero-order valence-electron chi connectivity index (χ0n) is 8.73. The molecule has 1 fully saturated rings. The highest BCUT2D eigenvalue weighted by atomic mass is 16.5. The Balaban J connectivity index is 1.91. The summed E-state index contributed by atoms with van der Waals surface area (Å²) in [7, 11) is 0. The molecular formula is C13H16O2. The first-order valence-corrected chi connectivity index (χ1v) is 5.74. The molecule has 1 heterocycles. The van der Waals surface area contributed by atoms with E-state index in [4.69, 9.17) is 4.74 Å². The van der Waals surface area contributed by atoms with Crippen molar-refractivity contribution in [2.45, 2.75) is 31.5 Å². The lowest BCUT2D eigenvalue weighted by Crippen LogP contribution is -2.28. The molecule has 0 bridgehead atoms. The Morgan fingerprint density at radius 2 is 2.07 bits per heavy atom. The topological polar surface area (TPSA) is 29.5 Å². The molecule has 80 valence electrons. The Morgan fingerprint density at radius 3 is 2.87 bits per heavy atom. The van der Waals surface area contributed by atoms with Crippen molar-refractivity contribution in [2.24, 2.45) is 5.92 Å². The number of hydrogen-bond donors (Lipinski definition) is 1. The fourth-order valence-corrected chi connectivity index (χ4v) is 2.39. The van der Waals surface area contributed by atoms with Crippen molar-refractivity contribution in [3.63, 3.8) is 0 Å². The van der Waals surface area contributed by atoms with E-state index in [1.807, 2.05) is 6.07 Å². The molecule has 3 rings (SSSR count). The predicted molar refractivity (Wildman–Crippen MR) is 57.6 cm³/mol. The Labute approximate surface area is 89.9 Å². The van der Waals surface area contributed by atoms with Crippen LogP contribution < -0.4 is 0 Å². The van der Waals surface area contributed by atoms with E-state index >= 15 is 0 Å². The lowest BCUT2D eigenvalue weighted by atomic mass is 9.93. The van der Waals surface area contributed by atoms with Gasteiger partial charge >= 0.3 is 0 Å². The second-order valence-electron chi connectivity index (χ2n) is 4.57. The monoisotopic (exact) mass is 204 g/mol. The van der Waals surface area contributed by atoms with Crippen molar-refractivity contribution >= 4 is 0 Å². The van der Waals surface area contributed by atoms with Gasteiger partial charge in [0.1, 0.15) is 6.10 Å². The number of rotatable bonds is 2. The van der Waals surface area contributed by atoms with Gasteiger partial charge in [0.15, 0.2) is 0 Å². The van der Waals surface area contributed by atoms with Gasteiger partial charge in [-0.2, -0.15) is 0 Å². The highest BCUT2D eigenvalue weighted by molar-refractivity contribution is 5.31. The molecule has 1 aliphatic carbocycles. The molecule has 0 aromatic heterocycles. The summed E-state index contributed by atoms with van der Waals surface area (Å²) in [4.78, 5) is 0. The number of fused-ring (bicyclic) bond motifs is 1. The summed E-state index contributed by atoms with van der Waals surface area (Å²) in [6.45, 7) is 0.742. The molecule has 0 saturated heterocycles. The average molecular weight is 204 g/mol. The summed E-state index contributed by atoms with van der Waals surface area (Å²) in [5.74, 6) is 0.473. The Bertz CT molecular complexity index is 357. The van der Waals surface area contributed by atoms with E-state index in [2.05, 4.69) is 18.2 Å². The van der Waals surface area contributed by atoms with Gasteiger partial charge in [0.05, 0.1) is 12.7 Å². The summed E-state index contributed by atoms with van der Waals surface area (Å²) < 4.78 is 5.72. The zero-order valence-corrected chi connectivity index (χ0v) is 8.73. The van der Waals surface area contributed by atoms with Gasteiger partial charge in [0, 0.05) is 0 Å². The number of aliphatic hydroxyl groups is 1. The number of ether oxygens (including phenoxy) is 1. The molecule has 1 aromatic carbocycles. The van der Waals surface area contributed by atoms with Crippen LogP contribution in [0.15, 0.2) is 24.3 Å². The second-order valence-corrected chi connectivity index (χ2v) is 4.57. The normalized spacial score (nSPS) is 27.1. The highest BCUT2D eigenvalue weighted by Crippen LogP contribution is 2.41. The second kappa shape index (κ2) is 3.62. The minimum absolute atomic E-state index is 0.0811. The fraction of sp³-hybridized carbons (Fsp3) is 0.538. The van der Waals surface area contributed by atoms with Crippen molar-refractivity contribution in [1.29, 1.82) is 0 Å². The first-order valence-electron chi connectivity index (χ1n) is 5.74. The molecular weight excluding hydrogens is 188 g/mol. The first-order chi connectivity index (χ1) is 7.36. The van der Waals surface area contributed by atoms with E-state index < -0.39 is 0 Å². The first kappa shape index (κ1) is 9.37. The van der Waals surface area contributed by atoms with Gasteiger partial charge in [-0.25, -0.2) is 0 Å². The van der Waals surface area contributed by atoms with E-state index in [-0.39, 0.29) is 12.2 Å². The van der Waals surface area contributed by atoms with Crippen LogP contribution in [0.2, 0.25) is 0 Å². The van der Waals surface area contributed by atoms with Gasteiger partial charge in [-0.05, 0) is 36.3 Å². The molecule has 1 saturated carbocycles. The molecule has 1 N–H and O–H groups in total. The van der Waals surface area contributed by atoms with Crippen LogP contribution in [0.3, 0.4) is 0 Å². The standard InChI is InChI=1S/C13H16O2/c14-12(10-5-6-10)13-11-4-2-1-3-9(11)7-8-15-13/h1-4,10,12-14H,5-8H2. The van der Waals surface area contributed by atoms with E-state index in [9.17, 15) is 5.11 Å². The van der Waals surface area contributed by atoms with Gasteiger partial charge in [0.25, 0.3) is 0 Å². The predicted octanol–water partition coefficient (Wildman–Crippen LogP) is 2.07. The van der Waals surface area contributed by atoms with Crippen LogP contribution in [0.1, 0.15) is 30.1 Å².